The van der Waals surface area contributed by atoms with Gasteiger partial charge < -0.3 is 14.8 Å². The van der Waals surface area contributed by atoms with Crippen LogP contribution < -0.4 is 14.8 Å². The summed E-state index contributed by atoms with van der Waals surface area (Å²) in [5.74, 6) is 1.14. The van der Waals surface area contributed by atoms with Crippen molar-refractivity contribution < 1.29 is 14.3 Å². The van der Waals surface area contributed by atoms with Crippen molar-refractivity contribution in [1.82, 2.24) is 10.3 Å². The SMILES string of the molecule is CCOc1ccc(C(=O)NCCc2ccc(-c3csc(C)n3)s2)cc1OCC. The van der Waals surface area contributed by atoms with Crippen LogP contribution in [-0.2, 0) is 6.42 Å². The van der Waals surface area contributed by atoms with E-state index in [1.807, 2.05) is 20.8 Å². The molecule has 1 aromatic carbocycles. The van der Waals surface area contributed by atoms with Gasteiger partial charge in [0.2, 0.25) is 0 Å². The van der Waals surface area contributed by atoms with Crippen LogP contribution in [0.3, 0.4) is 0 Å². The van der Waals surface area contributed by atoms with Gasteiger partial charge in [0.25, 0.3) is 5.91 Å². The van der Waals surface area contributed by atoms with Crippen LogP contribution >= 0.6 is 22.7 Å². The van der Waals surface area contributed by atoms with Crippen LogP contribution in [0.2, 0.25) is 0 Å². The number of aromatic nitrogens is 1. The molecule has 0 atom stereocenters. The number of benzene rings is 1. The summed E-state index contributed by atoms with van der Waals surface area (Å²) in [6.45, 7) is 7.48. The summed E-state index contributed by atoms with van der Waals surface area (Å²) < 4.78 is 11.1. The van der Waals surface area contributed by atoms with Gasteiger partial charge in [-0.2, -0.15) is 0 Å². The molecule has 0 fully saturated rings. The summed E-state index contributed by atoms with van der Waals surface area (Å²) in [6, 6.07) is 9.47. The van der Waals surface area contributed by atoms with E-state index in [9.17, 15) is 4.79 Å². The van der Waals surface area contributed by atoms with Gasteiger partial charge >= 0.3 is 0 Å². The first-order chi connectivity index (χ1) is 13.6. The Hall–Kier alpha value is -2.38. The molecule has 28 heavy (non-hydrogen) atoms. The topological polar surface area (TPSA) is 60.5 Å². The van der Waals surface area contributed by atoms with Crippen LogP contribution in [0.15, 0.2) is 35.7 Å². The lowest BCUT2D eigenvalue weighted by atomic mass is 10.2. The van der Waals surface area contributed by atoms with Gasteiger partial charge in [-0.05, 0) is 57.5 Å². The van der Waals surface area contributed by atoms with E-state index in [-0.39, 0.29) is 5.91 Å². The first kappa shape index (κ1) is 20.4. The zero-order valence-electron chi connectivity index (χ0n) is 16.3. The van der Waals surface area contributed by atoms with E-state index in [0.717, 1.165) is 17.1 Å². The quantitative estimate of drug-likeness (QED) is 0.536. The molecule has 0 aliphatic heterocycles. The second-order valence-electron chi connectivity index (χ2n) is 6.05. The van der Waals surface area contributed by atoms with E-state index in [1.54, 1.807) is 40.9 Å². The number of hydrogen-bond donors (Lipinski definition) is 1. The number of hydrogen-bond acceptors (Lipinski definition) is 6. The van der Waals surface area contributed by atoms with Crippen molar-refractivity contribution in [2.24, 2.45) is 0 Å². The monoisotopic (exact) mass is 416 g/mol. The van der Waals surface area contributed by atoms with Crippen molar-refractivity contribution in [3.63, 3.8) is 0 Å². The predicted octanol–water partition coefficient (Wildman–Crippen LogP) is 4.95. The molecule has 0 spiro atoms. The fraction of sp³-hybridized carbons (Fsp3) is 0.333. The highest BCUT2D eigenvalue weighted by Crippen LogP contribution is 2.30. The summed E-state index contributed by atoms with van der Waals surface area (Å²) in [4.78, 5) is 19.4. The third-order valence-electron chi connectivity index (χ3n) is 4.00. The van der Waals surface area contributed by atoms with E-state index in [0.29, 0.717) is 36.8 Å². The van der Waals surface area contributed by atoms with E-state index < -0.39 is 0 Å². The van der Waals surface area contributed by atoms with E-state index in [4.69, 9.17) is 9.47 Å². The molecular weight excluding hydrogens is 392 g/mol. The lowest BCUT2D eigenvalue weighted by Crippen LogP contribution is -2.25. The zero-order valence-corrected chi connectivity index (χ0v) is 17.9. The average Bonchev–Trinajstić information content (AvgIpc) is 3.32. The maximum atomic E-state index is 12.5. The minimum absolute atomic E-state index is 0.115. The van der Waals surface area contributed by atoms with Gasteiger partial charge in [0.1, 0.15) is 0 Å². The Morgan fingerprint density at radius 1 is 1.11 bits per heavy atom. The summed E-state index contributed by atoms with van der Waals surface area (Å²) >= 11 is 3.38. The third kappa shape index (κ3) is 5.11. The molecule has 1 amide bonds. The van der Waals surface area contributed by atoms with Crippen molar-refractivity contribution in [2.45, 2.75) is 27.2 Å². The van der Waals surface area contributed by atoms with Gasteiger partial charge in [-0.15, -0.1) is 22.7 Å². The number of rotatable bonds is 9. The van der Waals surface area contributed by atoms with Crippen molar-refractivity contribution in [3.05, 3.63) is 51.2 Å². The van der Waals surface area contributed by atoms with Crippen LogP contribution in [0.4, 0.5) is 0 Å². The minimum atomic E-state index is -0.115. The Bertz CT molecular complexity index is 933. The summed E-state index contributed by atoms with van der Waals surface area (Å²) in [5.41, 5.74) is 1.59. The van der Waals surface area contributed by atoms with Crippen LogP contribution in [0.5, 0.6) is 11.5 Å². The van der Waals surface area contributed by atoms with Crippen molar-refractivity contribution in [1.29, 1.82) is 0 Å². The molecule has 0 aliphatic carbocycles. The van der Waals surface area contributed by atoms with Crippen molar-refractivity contribution in [3.8, 4) is 22.1 Å². The molecule has 0 saturated carbocycles. The Labute approximate surface area is 173 Å². The Kier molecular flexibility index (Phi) is 7.06. The molecule has 0 radical (unpaired) electrons. The van der Waals surface area contributed by atoms with Gasteiger partial charge in [0.15, 0.2) is 11.5 Å². The number of thiazole rings is 1. The van der Waals surface area contributed by atoms with E-state index in [1.165, 1.54) is 9.75 Å². The third-order valence-corrected chi connectivity index (χ3v) is 5.94. The first-order valence-electron chi connectivity index (χ1n) is 9.29. The fourth-order valence-electron chi connectivity index (χ4n) is 2.72. The van der Waals surface area contributed by atoms with Gasteiger partial charge in [-0.3, -0.25) is 4.79 Å². The minimum Gasteiger partial charge on any atom is -0.490 e. The smallest absolute Gasteiger partial charge is 0.251 e. The first-order valence-corrected chi connectivity index (χ1v) is 11.0. The van der Waals surface area contributed by atoms with Crippen molar-refractivity contribution >= 4 is 28.6 Å². The maximum absolute atomic E-state index is 12.5. The number of nitrogens with one attached hydrogen (secondary N) is 1. The van der Waals surface area contributed by atoms with Gasteiger partial charge in [0, 0.05) is 22.4 Å². The summed E-state index contributed by atoms with van der Waals surface area (Å²) in [5, 5.41) is 6.13. The number of nitrogens with zero attached hydrogens (tertiary/aromatic N) is 1. The van der Waals surface area contributed by atoms with Crippen LogP contribution in [0.25, 0.3) is 10.6 Å². The average molecular weight is 417 g/mol. The van der Waals surface area contributed by atoms with Crippen molar-refractivity contribution in [2.75, 3.05) is 19.8 Å². The Morgan fingerprint density at radius 2 is 1.89 bits per heavy atom. The highest BCUT2D eigenvalue weighted by molar-refractivity contribution is 7.16. The van der Waals surface area contributed by atoms with Gasteiger partial charge in [-0.1, -0.05) is 0 Å². The number of aryl methyl sites for hydroxylation is 1. The number of carbonyl (C=O) groups is 1. The predicted molar refractivity (Wildman–Crippen MR) is 115 cm³/mol. The van der Waals surface area contributed by atoms with Gasteiger partial charge in [0.05, 0.1) is 28.8 Å². The molecule has 0 aliphatic rings. The number of thiophene rings is 1. The lowest BCUT2D eigenvalue weighted by Gasteiger charge is -2.12. The molecule has 0 bridgehead atoms. The van der Waals surface area contributed by atoms with E-state index >= 15 is 0 Å². The molecule has 5 nitrogen and oxygen atoms in total. The highest BCUT2D eigenvalue weighted by Gasteiger charge is 2.12. The summed E-state index contributed by atoms with van der Waals surface area (Å²) in [6.07, 6.45) is 0.787. The Balaban J connectivity index is 1.57. The van der Waals surface area contributed by atoms with Gasteiger partial charge in [-0.25, -0.2) is 4.98 Å². The molecule has 3 aromatic rings. The van der Waals surface area contributed by atoms with E-state index in [2.05, 4.69) is 27.8 Å². The number of amides is 1. The molecule has 2 heterocycles. The van der Waals surface area contributed by atoms with Crippen LogP contribution in [0, 0.1) is 6.92 Å². The summed E-state index contributed by atoms with van der Waals surface area (Å²) in [7, 11) is 0. The van der Waals surface area contributed by atoms with Crippen LogP contribution in [-0.4, -0.2) is 30.6 Å². The van der Waals surface area contributed by atoms with Crippen LogP contribution in [0.1, 0.15) is 34.1 Å². The second-order valence-corrected chi connectivity index (χ2v) is 8.28. The lowest BCUT2D eigenvalue weighted by molar-refractivity contribution is 0.0953. The molecule has 3 rings (SSSR count). The highest BCUT2D eigenvalue weighted by atomic mass is 32.1. The molecule has 1 N–H and O–H groups in total. The zero-order chi connectivity index (χ0) is 19.9. The normalized spacial score (nSPS) is 10.7. The molecular formula is C21H24N2O3S2. The second kappa shape index (κ2) is 9.71. The molecule has 2 aromatic heterocycles. The standard InChI is InChI=1S/C21H24N2O3S2/c1-4-25-18-8-6-15(12-19(18)26-5-2)21(24)22-11-10-16-7-9-20(28-16)17-13-27-14(3)23-17/h6-9,12-13H,4-5,10-11H2,1-3H3,(H,22,24). The number of carbonyl (C=O) groups excluding carboxylic acids is 1. The fourth-order valence-corrected chi connectivity index (χ4v) is 4.38. The molecule has 0 unspecified atom stereocenters. The largest absolute Gasteiger partial charge is 0.490 e. The molecule has 0 saturated heterocycles. The number of ether oxygens (including phenoxy) is 2. The molecule has 7 heteroatoms. The molecule has 148 valence electrons. The maximum Gasteiger partial charge on any atom is 0.251 e. The Morgan fingerprint density at radius 3 is 2.61 bits per heavy atom.